The fourth-order valence-corrected chi connectivity index (χ4v) is 0.289. The summed E-state index contributed by atoms with van der Waals surface area (Å²) in [6, 6.07) is 0. The van der Waals surface area contributed by atoms with Crippen LogP contribution in [0.4, 0.5) is 0 Å². The van der Waals surface area contributed by atoms with Gasteiger partial charge in [-0.2, -0.15) is 0 Å². The van der Waals surface area contributed by atoms with Gasteiger partial charge in [0.1, 0.15) is 0 Å². The molecule has 0 nitrogen and oxygen atoms in total. The molecule has 0 amide bonds. The van der Waals surface area contributed by atoms with E-state index in [-0.39, 0.29) is 0 Å². The van der Waals surface area contributed by atoms with E-state index in [0.29, 0.717) is 0 Å². The molecule has 0 aromatic heterocycles. The van der Waals surface area contributed by atoms with Crippen molar-refractivity contribution in [2.75, 3.05) is 0 Å². The predicted molar refractivity (Wildman–Crippen MR) is 57.1 cm³/mol. The fraction of sp³-hybridized carbons (Fsp3) is 1.00. The lowest BCUT2D eigenvalue weighted by molar-refractivity contribution is 0.544. The maximum absolute atomic E-state index is 2.28. The molecular weight excluding hydrogens is 132 g/mol. The molecule has 0 N–H and O–H groups in total. The summed E-state index contributed by atoms with van der Waals surface area (Å²) >= 11 is 0. The van der Waals surface area contributed by atoms with Gasteiger partial charge < -0.3 is 0 Å². The van der Waals surface area contributed by atoms with Gasteiger partial charge in [-0.05, 0) is 5.92 Å². The highest BCUT2D eigenvalue weighted by Crippen LogP contribution is 2.02. The standard InChI is InChI=1S/C6H14.C3H8.C2H6/c1-4-6(3)5-2;1-3-2;1-2/h6H,4-5H2,1-3H3;3H2,1-2H3;1-2H3. The number of rotatable bonds is 2. The summed E-state index contributed by atoms with van der Waals surface area (Å²) in [5.74, 6) is 0.935. The predicted octanol–water partition coefficient (Wildman–Crippen LogP) is 4.89. The van der Waals surface area contributed by atoms with E-state index in [4.69, 9.17) is 0 Å². The Kier molecular flexibility index (Phi) is 35.2. The minimum absolute atomic E-state index is 0.935. The van der Waals surface area contributed by atoms with Crippen LogP contribution in [0.5, 0.6) is 0 Å². The molecule has 0 aliphatic rings. The number of hydrogen-bond acceptors (Lipinski definition) is 0. The van der Waals surface area contributed by atoms with Crippen LogP contribution in [-0.4, -0.2) is 0 Å². The van der Waals surface area contributed by atoms with E-state index < -0.39 is 0 Å². The lowest BCUT2D eigenvalue weighted by Gasteiger charge is -1.98. The maximum Gasteiger partial charge on any atom is -0.0448 e. The maximum atomic E-state index is 2.28. The van der Waals surface area contributed by atoms with E-state index in [0.717, 1.165) is 5.92 Å². The Hall–Kier alpha value is 0. The first-order chi connectivity index (χ1) is 5.22. The Morgan fingerprint density at radius 2 is 1.00 bits per heavy atom. The lowest BCUT2D eigenvalue weighted by atomic mass is 10.1. The molecule has 0 bridgehead atoms. The van der Waals surface area contributed by atoms with Gasteiger partial charge in [-0.25, -0.2) is 0 Å². The minimum atomic E-state index is 0.935. The zero-order valence-corrected chi connectivity index (χ0v) is 9.70. The molecule has 0 heteroatoms. The third-order valence-electron chi connectivity index (χ3n) is 1.39. The first-order valence-electron chi connectivity index (χ1n) is 5.22. The number of hydrogen-bond donors (Lipinski definition) is 0. The molecule has 0 aliphatic carbocycles. The summed E-state index contributed by atoms with van der Waals surface area (Å²) in [5.41, 5.74) is 0. The molecule has 0 fully saturated rings. The molecule has 0 aromatic carbocycles. The van der Waals surface area contributed by atoms with Crippen molar-refractivity contribution in [3.8, 4) is 0 Å². The third kappa shape index (κ3) is 40.0. The Balaban J connectivity index is -0.000000109. The molecule has 0 radical (unpaired) electrons. The van der Waals surface area contributed by atoms with Crippen LogP contribution in [0.1, 0.15) is 67.7 Å². The molecule has 11 heavy (non-hydrogen) atoms. The van der Waals surface area contributed by atoms with E-state index in [1.54, 1.807) is 0 Å². The van der Waals surface area contributed by atoms with Gasteiger partial charge in [0, 0.05) is 0 Å². The van der Waals surface area contributed by atoms with Gasteiger partial charge in [0.05, 0.1) is 0 Å². The van der Waals surface area contributed by atoms with E-state index in [9.17, 15) is 0 Å². The van der Waals surface area contributed by atoms with Gasteiger partial charge in [0.25, 0.3) is 0 Å². The topological polar surface area (TPSA) is 0 Å². The molecule has 0 spiro atoms. The molecular formula is C11H28. The van der Waals surface area contributed by atoms with Crippen molar-refractivity contribution >= 4 is 0 Å². The van der Waals surface area contributed by atoms with Crippen molar-refractivity contribution in [3.05, 3.63) is 0 Å². The van der Waals surface area contributed by atoms with Crippen LogP contribution in [0.3, 0.4) is 0 Å². The molecule has 0 atom stereocenters. The average Bonchev–Trinajstić information content (AvgIpc) is 2.08. The summed E-state index contributed by atoms with van der Waals surface area (Å²) in [4.78, 5) is 0. The first kappa shape index (κ1) is 17.2. The molecule has 0 aliphatic heterocycles. The quantitative estimate of drug-likeness (QED) is 0.540. The van der Waals surface area contributed by atoms with E-state index in [1.807, 2.05) is 13.8 Å². The van der Waals surface area contributed by atoms with Crippen molar-refractivity contribution in [2.45, 2.75) is 67.7 Å². The van der Waals surface area contributed by atoms with E-state index >= 15 is 0 Å². The van der Waals surface area contributed by atoms with Crippen molar-refractivity contribution in [3.63, 3.8) is 0 Å². The molecule has 0 rings (SSSR count). The monoisotopic (exact) mass is 160 g/mol. The summed E-state index contributed by atoms with van der Waals surface area (Å²) in [6.07, 6.45) is 3.91. The second-order valence-corrected chi connectivity index (χ2v) is 2.63. The smallest absolute Gasteiger partial charge is 0.0448 e. The van der Waals surface area contributed by atoms with Gasteiger partial charge in [0.2, 0.25) is 0 Å². The van der Waals surface area contributed by atoms with Gasteiger partial charge in [-0.15, -0.1) is 0 Å². The Labute approximate surface area is 74.4 Å². The molecule has 0 unspecified atom stereocenters. The largest absolute Gasteiger partial charge is 0.0683 e. The van der Waals surface area contributed by atoms with E-state index in [1.165, 1.54) is 19.3 Å². The van der Waals surface area contributed by atoms with Crippen LogP contribution < -0.4 is 0 Å². The van der Waals surface area contributed by atoms with Gasteiger partial charge in [-0.1, -0.05) is 67.7 Å². The van der Waals surface area contributed by atoms with Crippen LogP contribution in [0.25, 0.3) is 0 Å². The van der Waals surface area contributed by atoms with Crippen molar-refractivity contribution < 1.29 is 0 Å². The van der Waals surface area contributed by atoms with Crippen LogP contribution in [0.2, 0.25) is 0 Å². The summed E-state index contributed by atoms with van der Waals surface area (Å²) in [7, 11) is 0. The highest BCUT2D eigenvalue weighted by Gasteiger charge is 1.88. The van der Waals surface area contributed by atoms with Gasteiger partial charge in [0.15, 0.2) is 0 Å². The third-order valence-corrected chi connectivity index (χ3v) is 1.39. The van der Waals surface area contributed by atoms with Crippen LogP contribution in [0, 0.1) is 5.92 Å². The summed E-state index contributed by atoms with van der Waals surface area (Å²) in [5, 5.41) is 0. The Morgan fingerprint density at radius 3 is 1.00 bits per heavy atom. The van der Waals surface area contributed by atoms with Crippen molar-refractivity contribution in [1.29, 1.82) is 0 Å². The molecule has 0 aromatic rings. The molecule has 0 saturated carbocycles. The second kappa shape index (κ2) is 22.5. The molecule has 0 saturated heterocycles. The average molecular weight is 160 g/mol. The minimum Gasteiger partial charge on any atom is -0.0683 e. The van der Waals surface area contributed by atoms with E-state index in [2.05, 4.69) is 34.6 Å². The summed E-state index contributed by atoms with van der Waals surface area (Å²) in [6.45, 7) is 15.0. The van der Waals surface area contributed by atoms with Crippen LogP contribution >= 0.6 is 0 Å². The second-order valence-electron chi connectivity index (χ2n) is 2.63. The van der Waals surface area contributed by atoms with Crippen LogP contribution in [0.15, 0.2) is 0 Å². The van der Waals surface area contributed by atoms with Crippen LogP contribution in [-0.2, 0) is 0 Å². The molecule has 72 valence electrons. The van der Waals surface area contributed by atoms with Crippen molar-refractivity contribution in [2.24, 2.45) is 5.92 Å². The zero-order chi connectivity index (χ0) is 9.70. The highest BCUT2D eigenvalue weighted by molar-refractivity contribution is 4.41. The first-order valence-corrected chi connectivity index (χ1v) is 5.22. The Morgan fingerprint density at radius 1 is 0.818 bits per heavy atom. The SMILES string of the molecule is CC.CCC.CCC(C)CC. The highest BCUT2D eigenvalue weighted by atomic mass is 13.9. The zero-order valence-electron chi connectivity index (χ0n) is 9.70. The van der Waals surface area contributed by atoms with Gasteiger partial charge in [-0.3, -0.25) is 0 Å². The summed E-state index contributed by atoms with van der Waals surface area (Å²) < 4.78 is 0. The molecule has 0 heterocycles. The normalized spacial score (nSPS) is 7.64. The fourth-order valence-electron chi connectivity index (χ4n) is 0.289. The van der Waals surface area contributed by atoms with Crippen molar-refractivity contribution in [1.82, 2.24) is 0 Å². The van der Waals surface area contributed by atoms with Gasteiger partial charge >= 0.3 is 0 Å². The lowest BCUT2D eigenvalue weighted by Crippen LogP contribution is -1.85. The Bertz CT molecular complexity index is 27.0.